The number of halogens is 1. The Morgan fingerprint density at radius 3 is 2.69 bits per heavy atom. The van der Waals surface area contributed by atoms with E-state index in [9.17, 15) is 13.2 Å². The van der Waals surface area contributed by atoms with Gasteiger partial charge in [0.15, 0.2) is 21.3 Å². The van der Waals surface area contributed by atoms with Crippen LogP contribution in [-0.2, 0) is 14.6 Å². The van der Waals surface area contributed by atoms with Crippen molar-refractivity contribution in [2.45, 2.75) is 10.1 Å². The van der Waals surface area contributed by atoms with E-state index in [1.54, 1.807) is 24.4 Å². The predicted octanol–water partition coefficient (Wildman–Crippen LogP) is 1.72. The first-order valence-electron chi connectivity index (χ1n) is 7.88. The molecule has 0 unspecified atom stereocenters. The second-order valence-electron chi connectivity index (χ2n) is 5.56. The molecule has 1 aromatic carbocycles. The molecule has 1 atom stereocenters. The van der Waals surface area contributed by atoms with Crippen molar-refractivity contribution in [3.63, 3.8) is 0 Å². The SMILES string of the molecule is O=C(CCl)NC[C@@H](c1cccnc1)S(=O)(=O)c1ccc2c(c1)OCCO2. The number of hydrogen-bond acceptors (Lipinski definition) is 6. The van der Waals surface area contributed by atoms with Crippen LogP contribution in [0, 0.1) is 0 Å². The van der Waals surface area contributed by atoms with E-state index in [1.807, 2.05) is 0 Å². The summed E-state index contributed by atoms with van der Waals surface area (Å²) >= 11 is 5.49. The van der Waals surface area contributed by atoms with Gasteiger partial charge in [0.1, 0.15) is 24.3 Å². The van der Waals surface area contributed by atoms with Crippen molar-refractivity contribution >= 4 is 27.3 Å². The van der Waals surface area contributed by atoms with Gasteiger partial charge in [-0.1, -0.05) is 6.07 Å². The van der Waals surface area contributed by atoms with E-state index in [1.165, 1.54) is 18.3 Å². The monoisotopic (exact) mass is 396 g/mol. The Balaban J connectivity index is 1.97. The van der Waals surface area contributed by atoms with E-state index >= 15 is 0 Å². The lowest BCUT2D eigenvalue weighted by atomic mass is 10.2. The van der Waals surface area contributed by atoms with Crippen LogP contribution in [0.5, 0.6) is 11.5 Å². The lowest BCUT2D eigenvalue weighted by molar-refractivity contribution is -0.118. The van der Waals surface area contributed by atoms with Gasteiger partial charge in [-0.05, 0) is 23.8 Å². The van der Waals surface area contributed by atoms with Gasteiger partial charge in [0.05, 0.1) is 4.90 Å². The first-order chi connectivity index (χ1) is 12.5. The molecule has 3 rings (SSSR count). The normalized spacial score (nSPS) is 14.5. The molecular weight excluding hydrogens is 380 g/mol. The number of amides is 1. The first-order valence-corrected chi connectivity index (χ1v) is 9.96. The number of carbonyl (C=O) groups is 1. The fourth-order valence-electron chi connectivity index (χ4n) is 2.59. The lowest BCUT2D eigenvalue weighted by Crippen LogP contribution is -2.32. The van der Waals surface area contributed by atoms with Gasteiger partial charge in [0.2, 0.25) is 5.91 Å². The third-order valence-electron chi connectivity index (χ3n) is 3.88. The molecule has 0 spiro atoms. The molecule has 0 bridgehead atoms. The summed E-state index contributed by atoms with van der Waals surface area (Å²) in [6, 6.07) is 7.77. The van der Waals surface area contributed by atoms with Crippen molar-refractivity contribution in [2.24, 2.45) is 0 Å². The van der Waals surface area contributed by atoms with Crippen molar-refractivity contribution in [2.75, 3.05) is 25.6 Å². The van der Waals surface area contributed by atoms with Crippen LogP contribution in [0.15, 0.2) is 47.6 Å². The number of fused-ring (bicyclic) bond motifs is 1. The lowest BCUT2D eigenvalue weighted by Gasteiger charge is -2.21. The molecule has 1 aliphatic rings. The number of benzene rings is 1. The molecule has 7 nitrogen and oxygen atoms in total. The minimum Gasteiger partial charge on any atom is -0.486 e. The highest BCUT2D eigenvalue weighted by atomic mass is 35.5. The number of aromatic nitrogens is 1. The van der Waals surface area contributed by atoms with Gasteiger partial charge in [-0.25, -0.2) is 8.42 Å². The van der Waals surface area contributed by atoms with Crippen LogP contribution in [0.2, 0.25) is 0 Å². The number of carbonyl (C=O) groups excluding carboxylic acids is 1. The van der Waals surface area contributed by atoms with Crippen molar-refractivity contribution in [3.05, 3.63) is 48.3 Å². The second-order valence-corrected chi connectivity index (χ2v) is 7.96. The summed E-state index contributed by atoms with van der Waals surface area (Å²) < 4.78 is 37.3. The van der Waals surface area contributed by atoms with Crippen LogP contribution >= 0.6 is 11.6 Å². The number of sulfone groups is 1. The van der Waals surface area contributed by atoms with Crippen LogP contribution in [0.1, 0.15) is 10.8 Å². The standard InChI is InChI=1S/C17H17ClN2O5S/c18-9-17(21)20-11-16(12-2-1-5-19-10-12)26(22,23)13-3-4-14-15(8-13)25-7-6-24-14/h1-5,8,10,16H,6-7,9,11H2,(H,20,21)/t16-/m0/s1. The van der Waals surface area contributed by atoms with Gasteiger partial charge in [0.25, 0.3) is 0 Å². The molecule has 0 fully saturated rings. The Labute approximate surface area is 156 Å². The molecule has 2 heterocycles. The van der Waals surface area contributed by atoms with Gasteiger partial charge in [-0.15, -0.1) is 11.6 Å². The fourth-order valence-corrected chi connectivity index (χ4v) is 4.34. The summed E-state index contributed by atoms with van der Waals surface area (Å²) in [6.45, 7) is 0.657. The van der Waals surface area contributed by atoms with E-state index in [0.717, 1.165) is 0 Å². The number of nitrogens with zero attached hydrogens (tertiary/aromatic N) is 1. The first kappa shape index (κ1) is 18.5. The van der Waals surface area contributed by atoms with E-state index in [-0.39, 0.29) is 17.3 Å². The molecule has 1 aromatic heterocycles. The van der Waals surface area contributed by atoms with Crippen LogP contribution in [0.4, 0.5) is 0 Å². The minimum atomic E-state index is -3.82. The van der Waals surface area contributed by atoms with Crippen molar-refractivity contribution in [1.82, 2.24) is 10.3 Å². The van der Waals surface area contributed by atoms with E-state index in [2.05, 4.69) is 10.3 Å². The summed E-state index contributed by atoms with van der Waals surface area (Å²) in [5, 5.41) is 1.53. The second kappa shape index (κ2) is 7.92. The summed E-state index contributed by atoms with van der Waals surface area (Å²) in [7, 11) is -3.82. The number of nitrogens with one attached hydrogen (secondary N) is 1. The van der Waals surface area contributed by atoms with Crippen molar-refractivity contribution in [3.8, 4) is 11.5 Å². The smallest absolute Gasteiger partial charge is 0.234 e. The van der Waals surface area contributed by atoms with E-state index < -0.39 is 21.0 Å². The highest BCUT2D eigenvalue weighted by Crippen LogP contribution is 2.36. The molecule has 0 aliphatic carbocycles. The maximum atomic E-state index is 13.2. The summed E-state index contributed by atoms with van der Waals surface area (Å²) in [4.78, 5) is 15.6. The van der Waals surface area contributed by atoms with Crippen molar-refractivity contribution < 1.29 is 22.7 Å². The van der Waals surface area contributed by atoms with Crippen LogP contribution in [0.25, 0.3) is 0 Å². The molecule has 138 valence electrons. The third-order valence-corrected chi connectivity index (χ3v) is 6.22. The Morgan fingerprint density at radius 2 is 2.00 bits per heavy atom. The quantitative estimate of drug-likeness (QED) is 0.747. The Morgan fingerprint density at radius 1 is 1.23 bits per heavy atom. The molecule has 0 radical (unpaired) electrons. The topological polar surface area (TPSA) is 94.6 Å². The maximum Gasteiger partial charge on any atom is 0.234 e. The largest absolute Gasteiger partial charge is 0.486 e. The summed E-state index contributed by atoms with van der Waals surface area (Å²) in [5.74, 6) is 0.192. The van der Waals surface area contributed by atoms with Gasteiger partial charge in [0, 0.05) is 25.0 Å². The Kier molecular flexibility index (Phi) is 5.63. The number of pyridine rings is 1. The molecule has 1 amide bonds. The summed E-state index contributed by atoms with van der Waals surface area (Å²) in [6.07, 6.45) is 3.02. The third kappa shape index (κ3) is 3.91. The van der Waals surface area contributed by atoms with Crippen LogP contribution in [0.3, 0.4) is 0 Å². The molecule has 1 aliphatic heterocycles. The number of alkyl halides is 1. The van der Waals surface area contributed by atoms with Crippen LogP contribution in [-0.4, -0.2) is 44.9 Å². The van der Waals surface area contributed by atoms with Gasteiger partial charge >= 0.3 is 0 Å². The average Bonchev–Trinajstić information content (AvgIpc) is 2.68. The molecule has 9 heteroatoms. The summed E-state index contributed by atoms with van der Waals surface area (Å²) in [5.41, 5.74) is 0.470. The molecule has 0 saturated carbocycles. The maximum absolute atomic E-state index is 13.2. The average molecular weight is 397 g/mol. The molecule has 0 saturated heterocycles. The van der Waals surface area contributed by atoms with Crippen LogP contribution < -0.4 is 14.8 Å². The molecule has 1 N–H and O–H groups in total. The highest BCUT2D eigenvalue weighted by molar-refractivity contribution is 7.91. The highest BCUT2D eigenvalue weighted by Gasteiger charge is 2.31. The zero-order valence-electron chi connectivity index (χ0n) is 13.7. The molecule has 26 heavy (non-hydrogen) atoms. The molecular formula is C17H17ClN2O5S. The number of rotatable bonds is 6. The zero-order valence-corrected chi connectivity index (χ0v) is 15.3. The zero-order chi connectivity index (χ0) is 18.6. The van der Waals surface area contributed by atoms with E-state index in [4.69, 9.17) is 21.1 Å². The Hall–Kier alpha value is -2.32. The van der Waals surface area contributed by atoms with E-state index in [0.29, 0.717) is 30.3 Å². The molecule has 2 aromatic rings. The Bertz CT molecular complexity index is 889. The minimum absolute atomic E-state index is 0.0794. The fraction of sp³-hybridized carbons (Fsp3) is 0.294. The number of ether oxygens (including phenoxy) is 2. The predicted molar refractivity (Wildman–Crippen MR) is 95.3 cm³/mol. The van der Waals surface area contributed by atoms with Gasteiger partial charge in [-0.2, -0.15) is 0 Å². The van der Waals surface area contributed by atoms with Crippen molar-refractivity contribution in [1.29, 1.82) is 0 Å². The van der Waals surface area contributed by atoms with Gasteiger partial charge in [-0.3, -0.25) is 9.78 Å². The van der Waals surface area contributed by atoms with Gasteiger partial charge < -0.3 is 14.8 Å². The number of hydrogen-bond donors (Lipinski definition) is 1.